The SMILES string of the molecule is NNC(=O)c1ccc(F)c(COc2c(F)cccc2F)c1. The summed E-state index contributed by atoms with van der Waals surface area (Å²) in [6.07, 6.45) is 0. The van der Waals surface area contributed by atoms with Crippen LogP contribution in [0.1, 0.15) is 15.9 Å². The zero-order valence-corrected chi connectivity index (χ0v) is 10.7. The first-order valence-corrected chi connectivity index (χ1v) is 5.89. The Bertz CT molecular complexity index is 657. The molecule has 0 saturated carbocycles. The zero-order valence-electron chi connectivity index (χ0n) is 10.7. The van der Waals surface area contributed by atoms with Crippen molar-refractivity contribution in [3.8, 4) is 5.75 Å². The highest BCUT2D eigenvalue weighted by Gasteiger charge is 2.13. The van der Waals surface area contributed by atoms with Gasteiger partial charge in [-0.2, -0.15) is 0 Å². The first-order valence-electron chi connectivity index (χ1n) is 5.89. The number of para-hydroxylation sites is 1. The molecular weight excluding hydrogens is 285 g/mol. The molecule has 4 nitrogen and oxygen atoms in total. The maximum absolute atomic E-state index is 13.6. The molecule has 3 N–H and O–H groups in total. The van der Waals surface area contributed by atoms with Gasteiger partial charge in [0.05, 0.1) is 0 Å². The fourth-order valence-corrected chi connectivity index (χ4v) is 1.68. The van der Waals surface area contributed by atoms with E-state index in [2.05, 4.69) is 0 Å². The van der Waals surface area contributed by atoms with Crippen LogP contribution in [0.5, 0.6) is 5.75 Å². The predicted molar refractivity (Wildman–Crippen MR) is 68.7 cm³/mol. The van der Waals surface area contributed by atoms with Crippen molar-refractivity contribution in [1.82, 2.24) is 5.43 Å². The maximum Gasteiger partial charge on any atom is 0.265 e. The number of nitrogens with two attached hydrogens (primary N) is 1. The van der Waals surface area contributed by atoms with Gasteiger partial charge in [-0.05, 0) is 30.3 Å². The highest BCUT2D eigenvalue weighted by Crippen LogP contribution is 2.22. The van der Waals surface area contributed by atoms with Crippen molar-refractivity contribution in [2.24, 2.45) is 5.84 Å². The minimum atomic E-state index is -0.897. The Hall–Kier alpha value is -2.54. The Balaban J connectivity index is 2.22. The second kappa shape index (κ2) is 6.27. The molecule has 0 bridgehead atoms. The molecule has 0 radical (unpaired) electrons. The number of nitrogens with one attached hydrogen (secondary N) is 1. The molecule has 21 heavy (non-hydrogen) atoms. The average molecular weight is 296 g/mol. The monoisotopic (exact) mass is 296 g/mol. The van der Waals surface area contributed by atoms with E-state index in [0.29, 0.717) is 0 Å². The molecule has 0 aliphatic carbocycles. The molecule has 0 aliphatic rings. The highest BCUT2D eigenvalue weighted by atomic mass is 19.1. The van der Waals surface area contributed by atoms with E-state index in [0.717, 1.165) is 18.2 Å². The molecule has 0 unspecified atom stereocenters. The van der Waals surface area contributed by atoms with Crippen LogP contribution < -0.4 is 16.0 Å². The van der Waals surface area contributed by atoms with Crippen LogP contribution in [0.2, 0.25) is 0 Å². The third kappa shape index (κ3) is 3.32. The van der Waals surface area contributed by atoms with Crippen LogP contribution in [0.25, 0.3) is 0 Å². The number of carbonyl (C=O) groups excluding carboxylic acids is 1. The molecule has 0 aliphatic heterocycles. The zero-order chi connectivity index (χ0) is 15.4. The van der Waals surface area contributed by atoms with Gasteiger partial charge in [-0.15, -0.1) is 0 Å². The van der Waals surface area contributed by atoms with Crippen LogP contribution in [0, 0.1) is 17.5 Å². The number of nitrogen functional groups attached to an aromatic ring is 1. The predicted octanol–water partition coefficient (Wildman–Crippen LogP) is 2.29. The van der Waals surface area contributed by atoms with Crippen molar-refractivity contribution in [1.29, 1.82) is 0 Å². The normalized spacial score (nSPS) is 10.3. The molecule has 0 fully saturated rings. The van der Waals surface area contributed by atoms with Gasteiger partial charge in [0.15, 0.2) is 17.4 Å². The molecule has 0 heterocycles. The Morgan fingerprint density at radius 1 is 1.10 bits per heavy atom. The smallest absolute Gasteiger partial charge is 0.265 e. The standard InChI is InChI=1S/C14H11F3N2O2/c15-10-5-4-8(14(20)19-18)6-9(10)7-21-13-11(16)2-1-3-12(13)17/h1-6H,7,18H2,(H,19,20). The lowest BCUT2D eigenvalue weighted by atomic mass is 10.1. The number of ether oxygens (including phenoxy) is 1. The van der Waals surface area contributed by atoms with Crippen molar-refractivity contribution in [2.45, 2.75) is 6.61 Å². The third-order valence-electron chi connectivity index (χ3n) is 2.73. The fraction of sp³-hybridized carbons (Fsp3) is 0.0714. The quantitative estimate of drug-likeness (QED) is 0.517. The van der Waals surface area contributed by atoms with E-state index < -0.39 is 35.7 Å². The van der Waals surface area contributed by atoms with Crippen LogP contribution in [0.4, 0.5) is 13.2 Å². The first-order chi connectivity index (χ1) is 10.0. The molecular formula is C14H11F3N2O2. The van der Waals surface area contributed by atoms with E-state index in [1.165, 1.54) is 18.2 Å². The van der Waals surface area contributed by atoms with Gasteiger partial charge in [0, 0.05) is 11.1 Å². The topological polar surface area (TPSA) is 64.3 Å². The van der Waals surface area contributed by atoms with Gasteiger partial charge in [0.1, 0.15) is 12.4 Å². The van der Waals surface area contributed by atoms with Gasteiger partial charge in [-0.1, -0.05) is 6.07 Å². The second-order valence-corrected chi connectivity index (χ2v) is 4.12. The minimum absolute atomic E-state index is 0.0289. The molecule has 2 aromatic carbocycles. The first kappa shape index (κ1) is 14.9. The summed E-state index contributed by atoms with van der Waals surface area (Å²) in [6.45, 7) is -0.435. The number of rotatable bonds is 4. The molecule has 110 valence electrons. The summed E-state index contributed by atoms with van der Waals surface area (Å²) >= 11 is 0. The van der Waals surface area contributed by atoms with Gasteiger partial charge in [0.2, 0.25) is 0 Å². The van der Waals surface area contributed by atoms with E-state index in [1.54, 1.807) is 0 Å². The van der Waals surface area contributed by atoms with Gasteiger partial charge >= 0.3 is 0 Å². The number of benzene rings is 2. The Morgan fingerprint density at radius 2 is 1.76 bits per heavy atom. The maximum atomic E-state index is 13.6. The van der Waals surface area contributed by atoms with Crippen LogP contribution in [-0.2, 0) is 6.61 Å². The van der Waals surface area contributed by atoms with Crippen molar-refractivity contribution in [3.63, 3.8) is 0 Å². The van der Waals surface area contributed by atoms with E-state index in [9.17, 15) is 18.0 Å². The summed E-state index contributed by atoms with van der Waals surface area (Å²) in [6, 6.07) is 6.69. The molecule has 0 atom stereocenters. The summed E-state index contributed by atoms with van der Waals surface area (Å²) in [5, 5.41) is 0. The van der Waals surface area contributed by atoms with Gasteiger partial charge in [-0.3, -0.25) is 10.2 Å². The summed E-state index contributed by atoms with van der Waals surface area (Å²) in [4.78, 5) is 11.3. The number of hydrogen-bond donors (Lipinski definition) is 2. The molecule has 7 heteroatoms. The molecule has 2 aromatic rings. The summed E-state index contributed by atoms with van der Waals surface area (Å²) in [5.74, 6) is 1.29. The van der Waals surface area contributed by atoms with Crippen LogP contribution in [-0.4, -0.2) is 5.91 Å². The molecule has 0 aromatic heterocycles. The number of halogens is 3. The lowest BCUT2D eigenvalue weighted by molar-refractivity contribution is 0.0953. The summed E-state index contributed by atoms with van der Waals surface area (Å²) in [5.41, 5.74) is 1.97. The number of hydrazine groups is 1. The average Bonchev–Trinajstić information content (AvgIpc) is 2.47. The molecule has 0 spiro atoms. The Morgan fingerprint density at radius 3 is 2.38 bits per heavy atom. The summed E-state index contributed by atoms with van der Waals surface area (Å²) in [7, 11) is 0. The molecule has 1 amide bonds. The van der Waals surface area contributed by atoms with Crippen molar-refractivity contribution in [2.75, 3.05) is 0 Å². The Labute approximate surface area is 118 Å². The number of carbonyl (C=O) groups is 1. The van der Waals surface area contributed by atoms with E-state index in [1.807, 2.05) is 5.43 Å². The third-order valence-corrected chi connectivity index (χ3v) is 2.73. The van der Waals surface area contributed by atoms with E-state index in [-0.39, 0.29) is 11.1 Å². The van der Waals surface area contributed by atoms with E-state index >= 15 is 0 Å². The number of hydrogen-bond acceptors (Lipinski definition) is 3. The van der Waals surface area contributed by atoms with Crippen molar-refractivity contribution in [3.05, 3.63) is 65.0 Å². The van der Waals surface area contributed by atoms with E-state index in [4.69, 9.17) is 10.6 Å². The minimum Gasteiger partial charge on any atom is -0.483 e. The fourth-order valence-electron chi connectivity index (χ4n) is 1.68. The number of amides is 1. The Kier molecular flexibility index (Phi) is 4.44. The van der Waals surface area contributed by atoms with Gasteiger partial charge in [-0.25, -0.2) is 19.0 Å². The highest BCUT2D eigenvalue weighted by molar-refractivity contribution is 5.93. The van der Waals surface area contributed by atoms with Crippen molar-refractivity contribution < 1.29 is 22.7 Å². The summed E-state index contributed by atoms with van der Waals surface area (Å²) < 4.78 is 45.3. The van der Waals surface area contributed by atoms with Gasteiger partial charge < -0.3 is 4.74 Å². The molecule has 2 rings (SSSR count). The van der Waals surface area contributed by atoms with Crippen molar-refractivity contribution >= 4 is 5.91 Å². The van der Waals surface area contributed by atoms with Crippen LogP contribution >= 0.6 is 0 Å². The molecule has 0 saturated heterocycles. The largest absolute Gasteiger partial charge is 0.483 e. The van der Waals surface area contributed by atoms with Gasteiger partial charge in [0.25, 0.3) is 5.91 Å². The second-order valence-electron chi connectivity index (χ2n) is 4.12. The van der Waals surface area contributed by atoms with Crippen LogP contribution in [0.15, 0.2) is 36.4 Å². The van der Waals surface area contributed by atoms with Crippen LogP contribution in [0.3, 0.4) is 0 Å². The lowest BCUT2D eigenvalue weighted by Gasteiger charge is -2.10. The lowest BCUT2D eigenvalue weighted by Crippen LogP contribution is -2.30.